The summed E-state index contributed by atoms with van der Waals surface area (Å²) in [6.45, 7) is 0.254. The first-order chi connectivity index (χ1) is 8.51. The van der Waals surface area contributed by atoms with E-state index in [1.807, 2.05) is 12.1 Å². The third-order valence-electron chi connectivity index (χ3n) is 2.54. The van der Waals surface area contributed by atoms with Gasteiger partial charge in [0.15, 0.2) is 0 Å². The highest BCUT2D eigenvalue weighted by molar-refractivity contribution is 7.89. The number of hydrogen-bond donors (Lipinski definition) is 2. The monoisotopic (exact) mass is 266 g/mol. The maximum absolute atomic E-state index is 12.3. The molecule has 2 rings (SSSR count). The van der Waals surface area contributed by atoms with Crippen LogP contribution in [-0.4, -0.2) is 29.7 Å². The lowest BCUT2D eigenvalue weighted by Gasteiger charge is -2.17. The fourth-order valence-corrected chi connectivity index (χ4v) is 2.79. The van der Waals surface area contributed by atoms with E-state index in [9.17, 15) is 8.42 Å². The molecule has 0 radical (unpaired) electrons. The number of hydrogen-bond acceptors (Lipinski definition) is 4. The Hall–Kier alpha value is -1.86. The van der Waals surface area contributed by atoms with E-state index in [4.69, 9.17) is 5.73 Å². The lowest BCUT2D eigenvalue weighted by atomic mass is 10.4. The molecule has 0 spiro atoms. The van der Waals surface area contributed by atoms with Crippen molar-refractivity contribution in [2.45, 2.75) is 11.4 Å². The second-order valence-electron chi connectivity index (χ2n) is 3.84. The van der Waals surface area contributed by atoms with Crippen molar-refractivity contribution in [2.75, 3.05) is 12.8 Å². The van der Waals surface area contributed by atoms with Gasteiger partial charge in [0.2, 0.25) is 10.0 Å². The molecule has 0 fully saturated rings. The Morgan fingerprint density at radius 1 is 1.39 bits per heavy atom. The van der Waals surface area contributed by atoms with Crippen LogP contribution in [0, 0.1) is 0 Å². The number of sulfonamides is 1. The van der Waals surface area contributed by atoms with E-state index in [0.717, 1.165) is 5.69 Å². The third kappa shape index (κ3) is 2.36. The molecule has 0 aliphatic heterocycles. The number of H-pyrrole nitrogens is 1. The molecule has 0 aromatic carbocycles. The average Bonchev–Trinajstić information content (AvgIpc) is 2.82. The quantitative estimate of drug-likeness (QED) is 0.856. The van der Waals surface area contributed by atoms with Crippen molar-refractivity contribution in [3.05, 3.63) is 42.4 Å². The van der Waals surface area contributed by atoms with Gasteiger partial charge in [0.05, 0.1) is 6.54 Å². The van der Waals surface area contributed by atoms with Crippen LogP contribution >= 0.6 is 0 Å². The molecular formula is C11H14N4O2S. The van der Waals surface area contributed by atoms with Crippen LogP contribution in [0.2, 0.25) is 0 Å². The second kappa shape index (κ2) is 4.79. The van der Waals surface area contributed by atoms with E-state index in [1.165, 1.54) is 23.6 Å². The van der Waals surface area contributed by atoms with Crippen LogP contribution in [0.3, 0.4) is 0 Å². The Kier molecular flexibility index (Phi) is 3.35. The molecular weight excluding hydrogens is 252 g/mol. The molecule has 0 unspecified atom stereocenters. The Morgan fingerprint density at radius 2 is 2.17 bits per heavy atom. The standard InChI is InChI=1S/C11H14N4O2S/c1-15(8-9-4-2-6-13-9)18(16,17)10-5-3-7-14-11(10)12/h2-7,13H,8H2,1H3,(H2,12,14). The number of aromatic amines is 1. The number of rotatable bonds is 4. The summed E-state index contributed by atoms with van der Waals surface area (Å²) in [5, 5.41) is 0. The maximum atomic E-state index is 12.3. The molecule has 2 aromatic rings. The SMILES string of the molecule is CN(Cc1ccc[nH]1)S(=O)(=O)c1cccnc1N. The smallest absolute Gasteiger partial charge is 0.246 e. The molecule has 0 saturated heterocycles. The zero-order chi connectivity index (χ0) is 13.2. The molecule has 0 amide bonds. The van der Waals surface area contributed by atoms with Gasteiger partial charge in [-0.1, -0.05) is 0 Å². The summed E-state index contributed by atoms with van der Waals surface area (Å²) < 4.78 is 25.8. The first kappa shape index (κ1) is 12.6. The normalized spacial score (nSPS) is 11.9. The molecule has 0 saturated carbocycles. The van der Waals surface area contributed by atoms with Crippen molar-refractivity contribution in [1.29, 1.82) is 0 Å². The lowest BCUT2D eigenvalue weighted by molar-refractivity contribution is 0.463. The minimum atomic E-state index is -3.62. The molecule has 0 bridgehead atoms. The fourth-order valence-electron chi connectivity index (χ4n) is 1.58. The van der Waals surface area contributed by atoms with Gasteiger partial charge >= 0.3 is 0 Å². The molecule has 2 aromatic heterocycles. The number of aromatic nitrogens is 2. The molecule has 3 N–H and O–H groups in total. The zero-order valence-electron chi connectivity index (χ0n) is 9.87. The van der Waals surface area contributed by atoms with Gasteiger partial charge < -0.3 is 10.7 Å². The zero-order valence-corrected chi connectivity index (χ0v) is 10.7. The Balaban J connectivity index is 2.29. The first-order valence-corrected chi connectivity index (χ1v) is 6.75. The van der Waals surface area contributed by atoms with Gasteiger partial charge in [-0.05, 0) is 24.3 Å². The van der Waals surface area contributed by atoms with E-state index in [1.54, 1.807) is 12.3 Å². The van der Waals surface area contributed by atoms with Crippen LogP contribution in [0.1, 0.15) is 5.69 Å². The summed E-state index contributed by atoms with van der Waals surface area (Å²) in [4.78, 5) is 6.77. The number of anilines is 1. The Morgan fingerprint density at radius 3 is 2.78 bits per heavy atom. The highest BCUT2D eigenvalue weighted by atomic mass is 32.2. The van der Waals surface area contributed by atoms with Gasteiger partial charge in [-0.3, -0.25) is 0 Å². The highest BCUT2D eigenvalue weighted by Crippen LogP contribution is 2.20. The van der Waals surface area contributed by atoms with Gasteiger partial charge in [-0.25, -0.2) is 13.4 Å². The number of nitrogens with zero attached hydrogens (tertiary/aromatic N) is 2. The summed E-state index contributed by atoms with van der Waals surface area (Å²) in [5.74, 6) is 0.0100. The van der Waals surface area contributed by atoms with Crippen molar-refractivity contribution in [1.82, 2.24) is 14.3 Å². The molecule has 96 valence electrons. The van der Waals surface area contributed by atoms with E-state index >= 15 is 0 Å². The predicted molar refractivity (Wildman–Crippen MR) is 68.1 cm³/mol. The number of pyridine rings is 1. The van der Waals surface area contributed by atoms with Crippen LogP contribution in [0.4, 0.5) is 5.82 Å². The average molecular weight is 266 g/mol. The number of nitrogens with two attached hydrogens (primary N) is 1. The third-order valence-corrected chi connectivity index (χ3v) is 4.39. The van der Waals surface area contributed by atoms with Crippen LogP contribution in [-0.2, 0) is 16.6 Å². The van der Waals surface area contributed by atoms with Gasteiger partial charge in [0, 0.05) is 25.1 Å². The van der Waals surface area contributed by atoms with E-state index in [2.05, 4.69) is 9.97 Å². The molecule has 0 atom stereocenters. The van der Waals surface area contributed by atoms with E-state index < -0.39 is 10.0 Å². The van der Waals surface area contributed by atoms with Crippen LogP contribution in [0.25, 0.3) is 0 Å². The topological polar surface area (TPSA) is 92.1 Å². The lowest BCUT2D eigenvalue weighted by Crippen LogP contribution is -2.27. The summed E-state index contributed by atoms with van der Waals surface area (Å²) in [6, 6.07) is 6.63. The van der Waals surface area contributed by atoms with Crippen molar-refractivity contribution in [3.8, 4) is 0 Å². The van der Waals surface area contributed by atoms with Crippen molar-refractivity contribution >= 4 is 15.8 Å². The molecule has 6 nitrogen and oxygen atoms in total. The van der Waals surface area contributed by atoms with Gasteiger partial charge in [0.1, 0.15) is 10.7 Å². The fraction of sp³-hybridized carbons (Fsp3) is 0.182. The number of nitrogens with one attached hydrogen (secondary N) is 1. The van der Waals surface area contributed by atoms with Gasteiger partial charge in [-0.2, -0.15) is 4.31 Å². The first-order valence-electron chi connectivity index (χ1n) is 5.31. The molecule has 2 heterocycles. The van der Waals surface area contributed by atoms with Gasteiger partial charge in [-0.15, -0.1) is 0 Å². The van der Waals surface area contributed by atoms with Crippen molar-refractivity contribution in [2.24, 2.45) is 0 Å². The second-order valence-corrected chi connectivity index (χ2v) is 5.86. The van der Waals surface area contributed by atoms with E-state index in [0.29, 0.717) is 0 Å². The minimum absolute atomic E-state index is 0.0100. The Bertz CT molecular complexity index is 622. The van der Waals surface area contributed by atoms with E-state index in [-0.39, 0.29) is 17.3 Å². The van der Waals surface area contributed by atoms with Crippen LogP contribution < -0.4 is 5.73 Å². The van der Waals surface area contributed by atoms with Crippen molar-refractivity contribution < 1.29 is 8.42 Å². The molecule has 7 heteroatoms. The molecule has 0 aliphatic rings. The summed E-state index contributed by atoms with van der Waals surface area (Å²) in [6.07, 6.45) is 3.20. The number of nitrogen functional groups attached to an aromatic ring is 1. The highest BCUT2D eigenvalue weighted by Gasteiger charge is 2.23. The predicted octanol–water partition coefficient (Wildman–Crippen LogP) is 0.813. The Labute approximate surface area is 106 Å². The molecule has 18 heavy (non-hydrogen) atoms. The summed E-state index contributed by atoms with van der Waals surface area (Å²) >= 11 is 0. The van der Waals surface area contributed by atoms with Crippen molar-refractivity contribution in [3.63, 3.8) is 0 Å². The summed E-state index contributed by atoms with van der Waals surface area (Å²) in [7, 11) is -2.12. The largest absolute Gasteiger partial charge is 0.383 e. The molecule has 0 aliphatic carbocycles. The minimum Gasteiger partial charge on any atom is -0.383 e. The van der Waals surface area contributed by atoms with Crippen LogP contribution in [0.5, 0.6) is 0 Å². The van der Waals surface area contributed by atoms with Crippen LogP contribution in [0.15, 0.2) is 41.6 Å². The summed E-state index contributed by atoms with van der Waals surface area (Å²) in [5.41, 5.74) is 6.40. The maximum Gasteiger partial charge on any atom is 0.246 e. The van der Waals surface area contributed by atoms with Gasteiger partial charge in [0.25, 0.3) is 0 Å².